The van der Waals surface area contributed by atoms with Crippen molar-refractivity contribution in [2.24, 2.45) is 0 Å². The zero-order chi connectivity index (χ0) is 13.7. The van der Waals surface area contributed by atoms with Crippen LogP contribution in [0.15, 0.2) is 18.2 Å². The number of fused-ring (bicyclic) bond motifs is 1. The molecule has 0 fully saturated rings. The minimum atomic E-state index is -0.114. The molecular formula is C14H18ClNO3. The minimum absolute atomic E-state index is 0.112. The highest BCUT2D eigenvalue weighted by atomic mass is 35.5. The first kappa shape index (κ1) is 14.0. The van der Waals surface area contributed by atoms with E-state index in [0.29, 0.717) is 36.8 Å². The number of nitrogens with one attached hydrogen (secondary N) is 1. The van der Waals surface area contributed by atoms with Crippen molar-refractivity contribution in [2.75, 3.05) is 19.8 Å². The van der Waals surface area contributed by atoms with E-state index in [1.54, 1.807) is 18.2 Å². The summed E-state index contributed by atoms with van der Waals surface area (Å²) in [6.45, 7) is 3.67. The third-order valence-corrected chi connectivity index (χ3v) is 3.52. The fourth-order valence-corrected chi connectivity index (χ4v) is 1.94. The van der Waals surface area contributed by atoms with Crippen LogP contribution in [-0.4, -0.2) is 31.0 Å². The number of ether oxygens (including phenoxy) is 2. The van der Waals surface area contributed by atoms with Crippen molar-refractivity contribution in [3.63, 3.8) is 0 Å². The number of hydrogen-bond acceptors (Lipinski definition) is 3. The van der Waals surface area contributed by atoms with E-state index in [1.165, 1.54) is 0 Å². The Bertz CT molecular complexity index is 450. The topological polar surface area (TPSA) is 47.6 Å². The van der Waals surface area contributed by atoms with E-state index in [2.05, 4.69) is 5.32 Å². The van der Waals surface area contributed by atoms with Gasteiger partial charge in [-0.25, -0.2) is 0 Å². The molecule has 19 heavy (non-hydrogen) atoms. The number of benzene rings is 1. The summed E-state index contributed by atoms with van der Waals surface area (Å²) in [7, 11) is 0. The van der Waals surface area contributed by atoms with Crippen molar-refractivity contribution in [1.29, 1.82) is 0 Å². The smallest absolute Gasteiger partial charge is 0.251 e. The van der Waals surface area contributed by atoms with Crippen molar-refractivity contribution < 1.29 is 14.3 Å². The maximum atomic E-state index is 11.9. The maximum Gasteiger partial charge on any atom is 0.251 e. The molecule has 1 heterocycles. The summed E-state index contributed by atoms with van der Waals surface area (Å²) in [5.41, 5.74) is 0.576. The van der Waals surface area contributed by atoms with Crippen molar-refractivity contribution >= 4 is 17.5 Å². The maximum absolute atomic E-state index is 11.9. The summed E-state index contributed by atoms with van der Waals surface area (Å²) in [5, 5.41) is 2.96. The van der Waals surface area contributed by atoms with Crippen molar-refractivity contribution in [1.82, 2.24) is 5.32 Å². The SMILES string of the molecule is CCC(Cl)CCNC(=O)c1ccc2c(c1)OCCO2. The van der Waals surface area contributed by atoms with Gasteiger partial charge in [0, 0.05) is 17.5 Å². The Morgan fingerprint density at radius 1 is 1.37 bits per heavy atom. The molecule has 104 valence electrons. The normalized spacial score (nSPS) is 14.8. The number of hydrogen-bond donors (Lipinski definition) is 1. The molecule has 0 aromatic heterocycles. The van der Waals surface area contributed by atoms with Crippen LogP contribution in [-0.2, 0) is 0 Å². The molecule has 1 unspecified atom stereocenters. The number of carbonyl (C=O) groups is 1. The number of halogens is 1. The quantitative estimate of drug-likeness (QED) is 0.845. The molecule has 1 aliphatic heterocycles. The van der Waals surface area contributed by atoms with Gasteiger partial charge in [0.1, 0.15) is 13.2 Å². The number of carbonyl (C=O) groups excluding carboxylic acids is 1. The summed E-state index contributed by atoms with van der Waals surface area (Å²) in [4.78, 5) is 11.9. The lowest BCUT2D eigenvalue weighted by molar-refractivity contribution is 0.0952. The summed E-state index contributed by atoms with van der Waals surface area (Å²) in [5.74, 6) is 1.20. The zero-order valence-corrected chi connectivity index (χ0v) is 11.7. The largest absolute Gasteiger partial charge is 0.486 e. The number of rotatable bonds is 5. The van der Waals surface area contributed by atoms with Gasteiger partial charge in [-0.15, -0.1) is 11.6 Å². The number of alkyl halides is 1. The molecule has 1 atom stereocenters. The van der Waals surface area contributed by atoms with Crippen LogP contribution in [0.5, 0.6) is 11.5 Å². The van der Waals surface area contributed by atoms with Gasteiger partial charge in [0.05, 0.1) is 0 Å². The minimum Gasteiger partial charge on any atom is -0.486 e. The molecule has 0 aliphatic carbocycles. The predicted molar refractivity (Wildman–Crippen MR) is 74.3 cm³/mol. The Labute approximate surface area is 118 Å². The standard InChI is InChI=1S/C14H18ClNO3/c1-2-11(15)5-6-16-14(17)10-3-4-12-13(9-10)19-8-7-18-12/h3-4,9,11H,2,5-8H2,1H3,(H,16,17). The predicted octanol–water partition coefficient (Wildman–Crippen LogP) is 2.60. The molecule has 1 aromatic rings. The molecule has 0 spiro atoms. The molecule has 2 rings (SSSR count). The van der Waals surface area contributed by atoms with Crippen molar-refractivity contribution in [3.8, 4) is 11.5 Å². The summed E-state index contributed by atoms with van der Waals surface area (Å²) < 4.78 is 10.9. The lowest BCUT2D eigenvalue weighted by Gasteiger charge is -2.18. The fraction of sp³-hybridized carbons (Fsp3) is 0.500. The van der Waals surface area contributed by atoms with Gasteiger partial charge in [-0.3, -0.25) is 4.79 Å². The van der Waals surface area contributed by atoms with Gasteiger partial charge >= 0.3 is 0 Å². The second-order valence-corrected chi connectivity index (χ2v) is 5.03. The Balaban J connectivity index is 1.92. The molecule has 0 saturated carbocycles. The van der Waals surface area contributed by atoms with Gasteiger partial charge in [0.2, 0.25) is 0 Å². The summed E-state index contributed by atoms with van der Waals surface area (Å²) in [6, 6.07) is 5.21. The van der Waals surface area contributed by atoms with Gasteiger partial charge in [-0.2, -0.15) is 0 Å². The first-order valence-corrected chi connectivity index (χ1v) is 6.96. The van der Waals surface area contributed by atoms with Crippen LogP contribution >= 0.6 is 11.6 Å². The Hall–Kier alpha value is -1.42. The zero-order valence-electron chi connectivity index (χ0n) is 10.9. The highest BCUT2D eigenvalue weighted by molar-refractivity contribution is 6.20. The number of amides is 1. The molecule has 1 amide bonds. The third kappa shape index (κ3) is 3.77. The average Bonchev–Trinajstić information content (AvgIpc) is 2.46. The summed E-state index contributed by atoms with van der Waals surface area (Å²) in [6.07, 6.45) is 1.68. The van der Waals surface area contributed by atoms with Crippen LogP contribution in [0.4, 0.5) is 0 Å². The molecule has 0 bridgehead atoms. The van der Waals surface area contributed by atoms with Gasteiger partial charge in [0.15, 0.2) is 11.5 Å². The lowest BCUT2D eigenvalue weighted by atomic mass is 10.1. The van der Waals surface area contributed by atoms with E-state index in [1.807, 2.05) is 6.92 Å². The van der Waals surface area contributed by atoms with E-state index in [-0.39, 0.29) is 11.3 Å². The van der Waals surface area contributed by atoms with E-state index in [9.17, 15) is 4.79 Å². The second-order valence-electron chi connectivity index (χ2n) is 4.41. The monoisotopic (exact) mass is 283 g/mol. The van der Waals surface area contributed by atoms with Crippen LogP contribution in [0.25, 0.3) is 0 Å². The van der Waals surface area contributed by atoms with E-state index in [4.69, 9.17) is 21.1 Å². The van der Waals surface area contributed by atoms with Gasteiger partial charge in [-0.1, -0.05) is 6.92 Å². The molecule has 0 saturated heterocycles. The van der Waals surface area contributed by atoms with Crippen LogP contribution in [0, 0.1) is 0 Å². The second kappa shape index (κ2) is 6.66. The molecule has 1 N–H and O–H groups in total. The van der Waals surface area contributed by atoms with Crippen molar-refractivity contribution in [3.05, 3.63) is 23.8 Å². The lowest BCUT2D eigenvalue weighted by Crippen LogP contribution is -2.26. The van der Waals surface area contributed by atoms with Gasteiger partial charge in [-0.05, 0) is 31.0 Å². The van der Waals surface area contributed by atoms with Crippen molar-refractivity contribution in [2.45, 2.75) is 25.1 Å². The molecule has 1 aliphatic rings. The molecule has 4 nitrogen and oxygen atoms in total. The van der Waals surface area contributed by atoms with Crippen LogP contribution in [0.1, 0.15) is 30.1 Å². The van der Waals surface area contributed by atoms with E-state index in [0.717, 1.165) is 12.8 Å². The molecular weight excluding hydrogens is 266 g/mol. The first-order chi connectivity index (χ1) is 9.20. The van der Waals surface area contributed by atoms with E-state index >= 15 is 0 Å². The Morgan fingerprint density at radius 3 is 2.84 bits per heavy atom. The molecule has 0 radical (unpaired) electrons. The Kier molecular flexibility index (Phi) is 4.91. The highest BCUT2D eigenvalue weighted by Gasteiger charge is 2.14. The van der Waals surface area contributed by atoms with Crippen LogP contribution < -0.4 is 14.8 Å². The fourth-order valence-electron chi connectivity index (χ4n) is 1.83. The van der Waals surface area contributed by atoms with E-state index < -0.39 is 0 Å². The first-order valence-electron chi connectivity index (χ1n) is 6.52. The van der Waals surface area contributed by atoms with Crippen LogP contribution in [0.2, 0.25) is 0 Å². The Morgan fingerprint density at radius 2 is 2.11 bits per heavy atom. The highest BCUT2D eigenvalue weighted by Crippen LogP contribution is 2.30. The summed E-state index contributed by atoms with van der Waals surface area (Å²) >= 11 is 6.00. The molecule has 5 heteroatoms. The average molecular weight is 284 g/mol. The van der Waals surface area contributed by atoms with Crippen LogP contribution in [0.3, 0.4) is 0 Å². The third-order valence-electron chi connectivity index (χ3n) is 2.99. The van der Waals surface area contributed by atoms with Gasteiger partial charge in [0.25, 0.3) is 5.91 Å². The molecule has 1 aromatic carbocycles. The van der Waals surface area contributed by atoms with Gasteiger partial charge < -0.3 is 14.8 Å².